The van der Waals surface area contributed by atoms with E-state index in [0.29, 0.717) is 5.56 Å². The van der Waals surface area contributed by atoms with Crippen molar-refractivity contribution in [1.82, 2.24) is 0 Å². The van der Waals surface area contributed by atoms with Crippen LogP contribution in [0.3, 0.4) is 0 Å². The second kappa shape index (κ2) is 13.1. The molecule has 0 saturated heterocycles. The van der Waals surface area contributed by atoms with Crippen LogP contribution < -0.4 is 16.0 Å². The van der Waals surface area contributed by atoms with Gasteiger partial charge in [-0.05, 0) is 80.1 Å². The molecule has 2 bridgehead atoms. The van der Waals surface area contributed by atoms with Gasteiger partial charge in [0.2, 0.25) is 0 Å². The summed E-state index contributed by atoms with van der Waals surface area (Å²) in [5.74, 6) is 7.29. The number of carbonyl (C=O) groups is 3. The first-order valence-corrected chi connectivity index (χ1v) is 15.4. The zero-order chi connectivity index (χ0) is 34.0. The zero-order valence-corrected chi connectivity index (χ0v) is 26.3. The largest absolute Gasteiger partial charge is 0.507 e. The average molecular weight is 634 g/mol. The number of hydrogen-bond acceptors (Lipinski definition) is 9. The number of benzene rings is 3. The number of ketones is 2. The molecule has 3 aromatic rings. The minimum Gasteiger partial charge on any atom is -0.507 e. The molecule has 3 aliphatic rings. The van der Waals surface area contributed by atoms with Gasteiger partial charge in [0.15, 0.2) is 11.6 Å². The molecular weight excluding hydrogens is 598 g/mol. The number of amides is 1. The van der Waals surface area contributed by atoms with Gasteiger partial charge in [-0.1, -0.05) is 37.5 Å². The summed E-state index contributed by atoms with van der Waals surface area (Å²) < 4.78 is 0. The summed E-state index contributed by atoms with van der Waals surface area (Å²) >= 11 is 0. The molecular formula is C37H35N3O7. The maximum absolute atomic E-state index is 14.0. The van der Waals surface area contributed by atoms with E-state index >= 15 is 0 Å². The quantitative estimate of drug-likeness (QED) is 0.128. The van der Waals surface area contributed by atoms with E-state index in [9.17, 15) is 34.8 Å². The summed E-state index contributed by atoms with van der Waals surface area (Å²) in [5, 5.41) is 53.8. The minimum atomic E-state index is -2.10. The lowest BCUT2D eigenvalue weighted by molar-refractivity contribution is -0.107. The van der Waals surface area contributed by atoms with E-state index in [2.05, 4.69) is 39.6 Å². The molecule has 5 atom stereocenters. The second-order valence-corrected chi connectivity index (χ2v) is 11.1. The first-order valence-electron chi connectivity index (χ1n) is 15.4. The fraction of sp³-hybridized carbons (Fsp3) is 0.270. The fourth-order valence-corrected chi connectivity index (χ4v) is 6.17. The van der Waals surface area contributed by atoms with Crippen LogP contribution in [0.15, 0.2) is 60.7 Å². The number of aliphatic hydroxyl groups is 3. The number of phenols is 1. The Kier molecular flexibility index (Phi) is 9.23. The third-order valence-corrected chi connectivity index (χ3v) is 8.36. The number of hydrogen-bond donors (Lipinski definition) is 7. The molecule has 0 aromatic heterocycles. The van der Waals surface area contributed by atoms with Crippen LogP contribution in [0.2, 0.25) is 0 Å². The third-order valence-electron chi connectivity index (χ3n) is 8.36. The van der Waals surface area contributed by atoms with Crippen LogP contribution in [0.4, 0.5) is 17.1 Å². The Morgan fingerprint density at radius 1 is 0.957 bits per heavy atom. The minimum absolute atomic E-state index is 0.0160. The number of rotatable bonds is 5. The molecule has 10 nitrogen and oxygen atoms in total. The van der Waals surface area contributed by atoms with Crippen molar-refractivity contribution in [2.45, 2.75) is 57.5 Å². The van der Waals surface area contributed by atoms with Crippen molar-refractivity contribution < 1.29 is 34.8 Å². The highest BCUT2D eigenvalue weighted by atomic mass is 16.3. The molecule has 10 heteroatoms. The number of phenolic OH excluding ortho intramolecular Hbond substituents is 1. The first-order chi connectivity index (χ1) is 22.6. The highest BCUT2D eigenvalue weighted by Gasteiger charge is 2.56. The molecule has 0 spiro atoms. The molecule has 2 aliphatic carbocycles. The van der Waals surface area contributed by atoms with Crippen LogP contribution in [0.1, 0.15) is 81.4 Å². The Morgan fingerprint density at radius 2 is 1.60 bits per heavy atom. The predicted molar refractivity (Wildman–Crippen MR) is 179 cm³/mol. The summed E-state index contributed by atoms with van der Waals surface area (Å²) in [5.41, 5.74) is -0.797. The summed E-state index contributed by atoms with van der Waals surface area (Å²) in [6.07, 6.45) is -0.119. The van der Waals surface area contributed by atoms with E-state index in [-0.39, 0.29) is 39.2 Å². The molecule has 240 valence electrons. The molecule has 1 amide bonds. The van der Waals surface area contributed by atoms with Crippen molar-refractivity contribution in [1.29, 1.82) is 0 Å². The van der Waals surface area contributed by atoms with Gasteiger partial charge in [0.25, 0.3) is 5.91 Å². The Morgan fingerprint density at radius 3 is 2.26 bits per heavy atom. The summed E-state index contributed by atoms with van der Waals surface area (Å²) in [6, 6.07) is 11.2. The van der Waals surface area contributed by atoms with Gasteiger partial charge in [0.05, 0.1) is 28.8 Å². The van der Waals surface area contributed by atoms with Gasteiger partial charge in [-0.3, -0.25) is 14.4 Å². The molecule has 0 radical (unpaired) electrons. The number of allylic oxidation sites excluding steroid dienone is 2. The van der Waals surface area contributed by atoms with Gasteiger partial charge in [-0.2, -0.15) is 0 Å². The number of fused-ring (bicyclic) bond motifs is 7. The van der Waals surface area contributed by atoms with E-state index in [4.69, 9.17) is 0 Å². The van der Waals surface area contributed by atoms with Gasteiger partial charge < -0.3 is 36.4 Å². The van der Waals surface area contributed by atoms with Crippen LogP contribution in [0.5, 0.6) is 5.75 Å². The van der Waals surface area contributed by atoms with Gasteiger partial charge in [0.1, 0.15) is 23.5 Å². The SMILES string of the molecule is CC.CCNc1ccc(C(=O)Nc2ccc3c(c2)C(=O)c2c(O)cc4c(c2C3=O)NC2C#C/C=C\C#CC(O)C4[C@]2(O)C(C)O)cc1. The van der Waals surface area contributed by atoms with Crippen molar-refractivity contribution in [3.05, 3.63) is 94.1 Å². The van der Waals surface area contributed by atoms with E-state index in [0.717, 1.165) is 12.2 Å². The maximum atomic E-state index is 14.0. The fourth-order valence-electron chi connectivity index (χ4n) is 6.17. The smallest absolute Gasteiger partial charge is 0.255 e. The maximum Gasteiger partial charge on any atom is 0.255 e. The molecule has 47 heavy (non-hydrogen) atoms. The lowest BCUT2D eigenvalue weighted by atomic mass is 9.66. The highest BCUT2D eigenvalue weighted by Crippen LogP contribution is 2.50. The van der Waals surface area contributed by atoms with Crippen LogP contribution in [-0.2, 0) is 0 Å². The van der Waals surface area contributed by atoms with Crippen molar-refractivity contribution in [2.24, 2.45) is 0 Å². The number of carbonyl (C=O) groups excluding carboxylic acids is 3. The molecule has 4 unspecified atom stereocenters. The molecule has 3 aromatic carbocycles. The van der Waals surface area contributed by atoms with Crippen molar-refractivity contribution >= 4 is 34.5 Å². The normalized spacial score (nSPS) is 22.8. The van der Waals surface area contributed by atoms with E-state index in [1.54, 1.807) is 24.3 Å². The van der Waals surface area contributed by atoms with E-state index in [1.807, 2.05) is 20.8 Å². The van der Waals surface area contributed by atoms with Gasteiger partial charge in [0, 0.05) is 34.6 Å². The molecule has 7 N–H and O–H groups in total. The molecule has 1 heterocycles. The summed E-state index contributed by atoms with van der Waals surface area (Å²) in [7, 11) is 0. The highest BCUT2D eigenvalue weighted by molar-refractivity contribution is 6.31. The lowest BCUT2D eigenvalue weighted by Crippen LogP contribution is -2.62. The summed E-state index contributed by atoms with van der Waals surface area (Å²) in [4.78, 5) is 40.8. The number of aromatic hydroxyl groups is 1. The van der Waals surface area contributed by atoms with Crippen molar-refractivity contribution in [2.75, 3.05) is 22.5 Å². The number of nitrogens with one attached hydrogen (secondary N) is 3. The monoisotopic (exact) mass is 633 g/mol. The zero-order valence-electron chi connectivity index (χ0n) is 26.3. The average Bonchev–Trinajstić information content (AvgIpc) is 3.05. The van der Waals surface area contributed by atoms with Gasteiger partial charge in [-0.15, -0.1) is 0 Å². The Hall–Kier alpha value is -5.39. The predicted octanol–water partition coefficient (Wildman–Crippen LogP) is 3.81. The van der Waals surface area contributed by atoms with Crippen molar-refractivity contribution in [3.63, 3.8) is 0 Å². The number of aliphatic hydroxyl groups excluding tert-OH is 2. The van der Waals surface area contributed by atoms with Crippen LogP contribution in [-0.4, -0.2) is 68.3 Å². The van der Waals surface area contributed by atoms with Crippen LogP contribution >= 0.6 is 0 Å². The first kappa shape index (κ1) is 33.0. The molecule has 6 rings (SSSR count). The topological polar surface area (TPSA) is 168 Å². The van der Waals surface area contributed by atoms with Crippen LogP contribution in [0, 0.1) is 23.7 Å². The molecule has 0 fully saturated rings. The third kappa shape index (κ3) is 5.64. The second-order valence-electron chi connectivity index (χ2n) is 11.1. The van der Waals surface area contributed by atoms with Gasteiger partial charge in [-0.25, -0.2) is 0 Å². The van der Waals surface area contributed by atoms with Gasteiger partial charge >= 0.3 is 0 Å². The standard InChI is InChI=1S/C35H29N3O7.C2H6/c1-3-36-20-12-10-19(11-13-20)34(44)37-21-14-15-22-23(16-21)33(43)28-26(41)17-24-30-25(40)8-6-4-5-7-9-27(35(30,45)18(2)39)38-31(24)29(28)32(22)42;1-2/h4-5,10-18,25,27,30,36,38-41,45H,3H2,1-2H3,(H,37,44);1-2H3/b5-4-;/t18?,25?,27?,30?,35-;/m0./s1. The lowest BCUT2D eigenvalue weighted by Gasteiger charge is -2.48. The van der Waals surface area contributed by atoms with Crippen LogP contribution in [0.25, 0.3) is 0 Å². The van der Waals surface area contributed by atoms with E-state index < -0.39 is 53.0 Å². The van der Waals surface area contributed by atoms with Crippen molar-refractivity contribution in [3.8, 4) is 29.4 Å². The molecule has 0 saturated carbocycles. The van der Waals surface area contributed by atoms with E-state index in [1.165, 1.54) is 43.3 Å². The Bertz CT molecular complexity index is 1930. The Balaban J connectivity index is 0.00000213. The number of anilines is 3. The Labute approximate surface area is 272 Å². The molecule has 1 aliphatic heterocycles. The summed E-state index contributed by atoms with van der Waals surface area (Å²) in [6.45, 7) is 8.04.